The maximum Gasteiger partial charge on any atom is 0.242 e. The third-order valence-electron chi connectivity index (χ3n) is 6.66. The number of nitrogens with one attached hydrogen (secondary N) is 2. The van der Waals surface area contributed by atoms with Crippen molar-refractivity contribution in [2.45, 2.75) is 70.0 Å². The van der Waals surface area contributed by atoms with E-state index in [1.165, 1.54) is 32.6 Å². The van der Waals surface area contributed by atoms with Crippen LogP contribution in [0.5, 0.6) is 0 Å². The van der Waals surface area contributed by atoms with Crippen molar-refractivity contribution in [1.29, 1.82) is 0 Å². The highest BCUT2D eigenvalue weighted by Gasteiger charge is 2.46. The molecule has 27 heavy (non-hydrogen) atoms. The van der Waals surface area contributed by atoms with E-state index in [-0.39, 0.29) is 41.8 Å². The van der Waals surface area contributed by atoms with Gasteiger partial charge in [0.15, 0.2) is 0 Å². The van der Waals surface area contributed by atoms with Gasteiger partial charge in [-0.2, -0.15) is 0 Å². The summed E-state index contributed by atoms with van der Waals surface area (Å²) in [5.41, 5.74) is 0. The van der Waals surface area contributed by atoms with Gasteiger partial charge < -0.3 is 15.5 Å². The second-order valence-electron chi connectivity index (χ2n) is 8.92. The molecule has 2 N–H and O–H groups in total. The highest BCUT2D eigenvalue weighted by Crippen LogP contribution is 2.31. The zero-order valence-corrected chi connectivity index (χ0v) is 16.3. The second kappa shape index (κ2) is 7.78. The molecular weight excluding hydrogens is 344 g/mol. The first-order chi connectivity index (χ1) is 13.0. The lowest BCUT2D eigenvalue weighted by molar-refractivity contribution is -0.144. The number of carbonyl (C=O) groups is 3. The summed E-state index contributed by atoms with van der Waals surface area (Å²) < 4.78 is 0. The zero-order chi connectivity index (χ0) is 19.0. The van der Waals surface area contributed by atoms with Gasteiger partial charge in [-0.05, 0) is 38.0 Å². The lowest BCUT2D eigenvalue weighted by Crippen LogP contribution is -2.63. The fourth-order valence-electron chi connectivity index (χ4n) is 5.13. The van der Waals surface area contributed by atoms with Crippen molar-refractivity contribution in [2.24, 2.45) is 11.8 Å². The smallest absolute Gasteiger partial charge is 0.242 e. The van der Waals surface area contributed by atoms with E-state index in [4.69, 9.17) is 0 Å². The minimum absolute atomic E-state index is 0.0386. The molecule has 0 aromatic rings. The number of hydrogen-bond acceptors (Lipinski definition) is 4. The first kappa shape index (κ1) is 18.7. The standard InChI is InChI=1S/C20H32N4O3/c1-13(25)22-16-8-17-12-23(10-14-4-2-3-5-14)18(20(27)24(17)11-16)9-21-19(26)15-6-7-15/h14-18H,2-12H2,1H3,(H,21,26)(H,22,25)/t16-,17-,18-/m0/s1. The van der Waals surface area contributed by atoms with Gasteiger partial charge in [0.2, 0.25) is 17.7 Å². The van der Waals surface area contributed by atoms with E-state index in [2.05, 4.69) is 15.5 Å². The highest BCUT2D eigenvalue weighted by atomic mass is 16.2. The fourth-order valence-corrected chi connectivity index (χ4v) is 5.13. The van der Waals surface area contributed by atoms with Gasteiger partial charge in [-0.3, -0.25) is 19.3 Å². The summed E-state index contributed by atoms with van der Waals surface area (Å²) in [6, 6.07) is -0.0450. The largest absolute Gasteiger partial charge is 0.354 e. The van der Waals surface area contributed by atoms with Crippen LogP contribution < -0.4 is 10.6 Å². The molecule has 2 saturated carbocycles. The Morgan fingerprint density at radius 3 is 2.52 bits per heavy atom. The number of rotatable bonds is 6. The van der Waals surface area contributed by atoms with Gasteiger partial charge >= 0.3 is 0 Å². The molecule has 0 unspecified atom stereocenters. The summed E-state index contributed by atoms with van der Waals surface area (Å²) in [6.07, 6.45) is 7.84. The number of piperazine rings is 1. The second-order valence-corrected chi connectivity index (χ2v) is 8.92. The van der Waals surface area contributed by atoms with Crippen LogP contribution in [0.1, 0.15) is 51.9 Å². The fraction of sp³-hybridized carbons (Fsp3) is 0.850. The van der Waals surface area contributed by atoms with Gasteiger partial charge in [-0.1, -0.05) is 12.8 Å². The topological polar surface area (TPSA) is 81.8 Å². The summed E-state index contributed by atoms with van der Waals surface area (Å²) in [7, 11) is 0. The van der Waals surface area contributed by atoms with Crippen molar-refractivity contribution in [2.75, 3.05) is 26.2 Å². The average molecular weight is 377 g/mol. The highest BCUT2D eigenvalue weighted by molar-refractivity contribution is 5.86. The van der Waals surface area contributed by atoms with Crippen LogP contribution in [0.3, 0.4) is 0 Å². The predicted octanol–water partition coefficient (Wildman–Crippen LogP) is 0.493. The van der Waals surface area contributed by atoms with Gasteiger partial charge in [0.25, 0.3) is 0 Å². The Morgan fingerprint density at radius 2 is 1.85 bits per heavy atom. The van der Waals surface area contributed by atoms with Crippen LogP contribution >= 0.6 is 0 Å². The lowest BCUT2D eigenvalue weighted by Gasteiger charge is -2.43. The number of nitrogens with zero attached hydrogens (tertiary/aromatic N) is 2. The molecule has 0 radical (unpaired) electrons. The lowest BCUT2D eigenvalue weighted by atomic mass is 10.0. The summed E-state index contributed by atoms with van der Waals surface area (Å²) in [6.45, 7) is 4.33. The van der Waals surface area contributed by atoms with Crippen molar-refractivity contribution in [3.8, 4) is 0 Å². The number of hydrogen-bond donors (Lipinski definition) is 2. The zero-order valence-electron chi connectivity index (χ0n) is 16.3. The molecule has 3 atom stereocenters. The van der Waals surface area contributed by atoms with Crippen molar-refractivity contribution >= 4 is 17.7 Å². The van der Waals surface area contributed by atoms with Crippen molar-refractivity contribution in [3.63, 3.8) is 0 Å². The van der Waals surface area contributed by atoms with Crippen LogP contribution in [0.2, 0.25) is 0 Å². The molecule has 4 fully saturated rings. The summed E-state index contributed by atoms with van der Waals surface area (Å²) in [4.78, 5) is 41.0. The van der Waals surface area contributed by atoms with E-state index in [9.17, 15) is 14.4 Å². The maximum atomic E-state index is 13.2. The van der Waals surface area contributed by atoms with Gasteiger partial charge in [-0.15, -0.1) is 0 Å². The van der Waals surface area contributed by atoms with E-state index in [0.29, 0.717) is 19.0 Å². The van der Waals surface area contributed by atoms with Gasteiger partial charge in [0.05, 0.1) is 0 Å². The summed E-state index contributed by atoms with van der Waals surface area (Å²) in [5, 5.41) is 6.00. The first-order valence-corrected chi connectivity index (χ1v) is 10.6. The Hall–Kier alpha value is -1.63. The molecule has 3 amide bonds. The quantitative estimate of drug-likeness (QED) is 0.707. The van der Waals surface area contributed by atoms with Crippen LogP contribution in [-0.4, -0.2) is 71.8 Å². The first-order valence-electron chi connectivity index (χ1n) is 10.6. The predicted molar refractivity (Wildman–Crippen MR) is 101 cm³/mol. The SMILES string of the molecule is CC(=O)N[C@H]1C[C@H]2CN(CC3CCCC3)[C@@H](CNC(=O)C3CC3)C(=O)N2C1. The molecule has 2 saturated heterocycles. The van der Waals surface area contributed by atoms with Gasteiger partial charge in [0.1, 0.15) is 6.04 Å². The van der Waals surface area contributed by atoms with E-state index < -0.39 is 0 Å². The van der Waals surface area contributed by atoms with Crippen LogP contribution in [0.15, 0.2) is 0 Å². The Morgan fingerprint density at radius 1 is 1.11 bits per heavy atom. The Bertz CT molecular complexity index is 600. The molecule has 0 bridgehead atoms. The summed E-state index contributed by atoms with van der Waals surface area (Å²) in [5.74, 6) is 1.01. The molecule has 2 aliphatic carbocycles. The molecular formula is C20H32N4O3. The van der Waals surface area contributed by atoms with Crippen molar-refractivity contribution < 1.29 is 14.4 Å². The molecule has 0 aromatic carbocycles. The number of amides is 3. The summed E-state index contributed by atoms with van der Waals surface area (Å²) >= 11 is 0. The molecule has 150 valence electrons. The van der Waals surface area contributed by atoms with Crippen LogP contribution in [-0.2, 0) is 14.4 Å². The van der Waals surface area contributed by atoms with Gasteiger partial charge in [0, 0.05) is 51.1 Å². The molecule has 4 aliphatic rings. The Kier molecular flexibility index (Phi) is 5.39. The maximum absolute atomic E-state index is 13.2. The van der Waals surface area contributed by atoms with Crippen molar-refractivity contribution in [1.82, 2.24) is 20.4 Å². The van der Waals surface area contributed by atoms with E-state index in [0.717, 1.165) is 32.4 Å². The molecule has 2 heterocycles. The van der Waals surface area contributed by atoms with Crippen LogP contribution in [0.25, 0.3) is 0 Å². The third-order valence-corrected chi connectivity index (χ3v) is 6.66. The molecule has 4 rings (SSSR count). The average Bonchev–Trinajstić information content (AvgIpc) is 3.20. The number of fused-ring (bicyclic) bond motifs is 1. The van der Waals surface area contributed by atoms with E-state index >= 15 is 0 Å². The normalized spacial score (nSPS) is 31.8. The van der Waals surface area contributed by atoms with Crippen molar-refractivity contribution in [3.05, 3.63) is 0 Å². The molecule has 2 aliphatic heterocycles. The molecule has 0 spiro atoms. The van der Waals surface area contributed by atoms with Crippen LogP contribution in [0.4, 0.5) is 0 Å². The molecule has 7 heteroatoms. The van der Waals surface area contributed by atoms with Gasteiger partial charge in [-0.25, -0.2) is 0 Å². The van der Waals surface area contributed by atoms with Crippen LogP contribution in [0, 0.1) is 11.8 Å². The third kappa shape index (κ3) is 4.28. The Balaban J connectivity index is 1.43. The minimum atomic E-state index is -0.263. The molecule has 7 nitrogen and oxygen atoms in total. The monoisotopic (exact) mass is 376 g/mol. The van der Waals surface area contributed by atoms with E-state index in [1.54, 1.807) is 0 Å². The minimum Gasteiger partial charge on any atom is -0.354 e. The molecule has 0 aromatic heterocycles. The number of carbonyl (C=O) groups excluding carboxylic acids is 3. The van der Waals surface area contributed by atoms with E-state index in [1.807, 2.05) is 4.90 Å². The Labute approximate surface area is 161 Å².